The van der Waals surface area contributed by atoms with Crippen LogP contribution in [0.25, 0.3) is 0 Å². The minimum atomic E-state index is -0.632. The molecule has 1 aromatic carbocycles. The number of hydrogen-bond acceptors (Lipinski definition) is 2. The van der Waals surface area contributed by atoms with Crippen molar-refractivity contribution in [3.8, 4) is 0 Å². The Morgan fingerprint density at radius 3 is 2.61 bits per heavy atom. The van der Waals surface area contributed by atoms with Gasteiger partial charge in [-0.1, -0.05) is 32.9 Å². The summed E-state index contributed by atoms with van der Waals surface area (Å²) in [6.07, 6.45) is 2.11. The van der Waals surface area contributed by atoms with Gasteiger partial charge in [0.25, 0.3) is 5.91 Å². The van der Waals surface area contributed by atoms with E-state index < -0.39 is 17.8 Å². The van der Waals surface area contributed by atoms with Gasteiger partial charge in [0.15, 0.2) is 0 Å². The molecule has 2 amide bonds. The van der Waals surface area contributed by atoms with Gasteiger partial charge in [-0.15, -0.1) is 0 Å². The number of nitrogens with zero attached hydrogens (tertiary/aromatic N) is 1. The molecule has 23 heavy (non-hydrogen) atoms. The second kappa shape index (κ2) is 7.57. The number of halogens is 1. The SMILES string of the molecule is CC1CCCN(C(=O)C(NC(=O)c2ccccc2F)C(C)C)C1. The summed E-state index contributed by atoms with van der Waals surface area (Å²) in [4.78, 5) is 26.9. The van der Waals surface area contributed by atoms with Crippen LogP contribution < -0.4 is 5.32 Å². The molecular formula is C18H25FN2O2. The molecule has 0 radical (unpaired) electrons. The van der Waals surface area contributed by atoms with Crippen molar-refractivity contribution in [2.24, 2.45) is 11.8 Å². The van der Waals surface area contributed by atoms with Gasteiger partial charge in [0, 0.05) is 13.1 Å². The van der Waals surface area contributed by atoms with Crippen molar-refractivity contribution in [3.05, 3.63) is 35.6 Å². The fourth-order valence-electron chi connectivity index (χ4n) is 2.96. The molecule has 0 bridgehead atoms. The van der Waals surface area contributed by atoms with Crippen LogP contribution in [0.2, 0.25) is 0 Å². The van der Waals surface area contributed by atoms with Gasteiger partial charge in [-0.2, -0.15) is 0 Å². The third-order valence-corrected chi connectivity index (χ3v) is 4.31. The maximum atomic E-state index is 13.7. The molecule has 2 atom stereocenters. The quantitative estimate of drug-likeness (QED) is 0.927. The molecule has 126 valence electrons. The zero-order chi connectivity index (χ0) is 17.0. The first-order chi connectivity index (χ1) is 10.9. The van der Waals surface area contributed by atoms with Crippen LogP contribution in [0.15, 0.2) is 24.3 Å². The second-order valence-corrected chi connectivity index (χ2v) is 6.71. The highest BCUT2D eigenvalue weighted by Gasteiger charge is 2.31. The molecule has 5 heteroatoms. The van der Waals surface area contributed by atoms with Gasteiger partial charge in [-0.25, -0.2) is 4.39 Å². The number of amides is 2. The Bertz CT molecular complexity index is 574. The summed E-state index contributed by atoms with van der Waals surface area (Å²) in [6.45, 7) is 7.34. The molecule has 1 N–H and O–H groups in total. The van der Waals surface area contributed by atoms with Gasteiger partial charge in [-0.3, -0.25) is 9.59 Å². The molecule has 1 heterocycles. The van der Waals surface area contributed by atoms with Gasteiger partial charge < -0.3 is 10.2 Å². The number of hydrogen-bond donors (Lipinski definition) is 1. The number of benzene rings is 1. The van der Waals surface area contributed by atoms with E-state index in [1.54, 1.807) is 6.07 Å². The summed E-state index contributed by atoms with van der Waals surface area (Å²) in [7, 11) is 0. The van der Waals surface area contributed by atoms with E-state index in [2.05, 4.69) is 12.2 Å². The zero-order valence-corrected chi connectivity index (χ0v) is 14.0. The fraction of sp³-hybridized carbons (Fsp3) is 0.556. The molecule has 1 aliphatic heterocycles. The number of carbonyl (C=O) groups is 2. The molecule has 1 aromatic rings. The molecule has 1 saturated heterocycles. The van der Waals surface area contributed by atoms with E-state index in [9.17, 15) is 14.0 Å². The maximum absolute atomic E-state index is 13.7. The summed E-state index contributed by atoms with van der Waals surface area (Å²) in [5.41, 5.74) is -0.0297. The largest absolute Gasteiger partial charge is 0.341 e. The second-order valence-electron chi connectivity index (χ2n) is 6.71. The predicted molar refractivity (Wildman–Crippen MR) is 87.5 cm³/mol. The van der Waals surface area contributed by atoms with Gasteiger partial charge in [-0.05, 0) is 36.8 Å². The van der Waals surface area contributed by atoms with Crippen molar-refractivity contribution in [1.29, 1.82) is 0 Å². The van der Waals surface area contributed by atoms with Crippen molar-refractivity contribution in [2.45, 2.75) is 39.7 Å². The lowest BCUT2D eigenvalue weighted by Crippen LogP contribution is -2.53. The first-order valence-electron chi connectivity index (χ1n) is 8.24. The highest BCUT2D eigenvalue weighted by atomic mass is 19.1. The van der Waals surface area contributed by atoms with E-state index in [0.29, 0.717) is 5.92 Å². The zero-order valence-electron chi connectivity index (χ0n) is 14.0. The molecule has 0 aromatic heterocycles. The Morgan fingerprint density at radius 1 is 1.30 bits per heavy atom. The Hall–Kier alpha value is -1.91. The van der Waals surface area contributed by atoms with E-state index in [4.69, 9.17) is 0 Å². The van der Waals surface area contributed by atoms with E-state index in [0.717, 1.165) is 25.9 Å². The lowest BCUT2D eigenvalue weighted by molar-refractivity contribution is -0.136. The average molecular weight is 320 g/mol. The Morgan fingerprint density at radius 2 is 2.00 bits per heavy atom. The number of likely N-dealkylation sites (tertiary alicyclic amines) is 1. The van der Waals surface area contributed by atoms with Crippen molar-refractivity contribution >= 4 is 11.8 Å². The summed E-state index contributed by atoms with van der Waals surface area (Å²) < 4.78 is 13.7. The number of piperidine rings is 1. The normalized spacial score (nSPS) is 19.5. The average Bonchev–Trinajstić information content (AvgIpc) is 2.52. The van der Waals surface area contributed by atoms with Crippen LogP contribution in [0.4, 0.5) is 4.39 Å². The third-order valence-electron chi connectivity index (χ3n) is 4.31. The van der Waals surface area contributed by atoms with Crippen molar-refractivity contribution < 1.29 is 14.0 Å². The Kier molecular flexibility index (Phi) is 5.74. The number of nitrogens with one attached hydrogen (secondary N) is 1. The van der Waals surface area contributed by atoms with Crippen LogP contribution in [-0.4, -0.2) is 35.8 Å². The monoisotopic (exact) mass is 320 g/mol. The van der Waals surface area contributed by atoms with Crippen molar-refractivity contribution in [2.75, 3.05) is 13.1 Å². The fourth-order valence-corrected chi connectivity index (χ4v) is 2.96. The Balaban J connectivity index is 2.11. The predicted octanol–water partition coefficient (Wildman–Crippen LogP) is 2.84. The van der Waals surface area contributed by atoms with Gasteiger partial charge in [0.05, 0.1) is 5.56 Å². The minimum absolute atomic E-state index is 0.0297. The molecular weight excluding hydrogens is 295 g/mol. The van der Waals surface area contributed by atoms with Crippen LogP contribution in [-0.2, 0) is 4.79 Å². The van der Waals surface area contributed by atoms with Crippen LogP contribution >= 0.6 is 0 Å². The van der Waals surface area contributed by atoms with Crippen LogP contribution in [0, 0.1) is 17.7 Å². The highest BCUT2D eigenvalue weighted by Crippen LogP contribution is 2.18. The topological polar surface area (TPSA) is 49.4 Å². The maximum Gasteiger partial charge on any atom is 0.254 e. The van der Waals surface area contributed by atoms with Crippen molar-refractivity contribution in [3.63, 3.8) is 0 Å². The lowest BCUT2D eigenvalue weighted by atomic mass is 9.97. The summed E-state index contributed by atoms with van der Waals surface area (Å²) >= 11 is 0. The molecule has 0 spiro atoms. The minimum Gasteiger partial charge on any atom is -0.341 e. The summed E-state index contributed by atoms with van der Waals surface area (Å²) in [5.74, 6) is -0.777. The molecule has 0 saturated carbocycles. The number of rotatable bonds is 4. The van der Waals surface area contributed by atoms with Gasteiger partial charge >= 0.3 is 0 Å². The molecule has 2 rings (SSSR count). The summed E-state index contributed by atoms with van der Waals surface area (Å²) in [6, 6.07) is 5.18. The van der Waals surface area contributed by atoms with Crippen LogP contribution in [0.3, 0.4) is 0 Å². The standard InChI is InChI=1S/C18H25FN2O2/c1-12(2)16(18(23)21-10-6-7-13(3)11-21)20-17(22)14-8-4-5-9-15(14)19/h4-5,8-9,12-13,16H,6-7,10-11H2,1-3H3,(H,20,22). The van der Waals surface area contributed by atoms with Crippen LogP contribution in [0.5, 0.6) is 0 Å². The van der Waals surface area contributed by atoms with Crippen LogP contribution in [0.1, 0.15) is 44.0 Å². The van der Waals surface area contributed by atoms with E-state index in [-0.39, 0.29) is 17.4 Å². The number of carbonyl (C=O) groups excluding carboxylic acids is 2. The van der Waals surface area contributed by atoms with Gasteiger partial charge in [0.2, 0.25) is 5.91 Å². The molecule has 4 nitrogen and oxygen atoms in total. The van der Waals surface area contributed by atoms with Crippen molar-refractivity contribution in [1.82, 2.24) is 10.2 Å². The first-order valence-corrected chi connectivity index (χ1v) is 8.24. The molecule has 0 aliphatic carbocycles. The highest BCUT2D eigenvalue weighted by molar-refractivity contribution is 5.97. The van der Waals surface area contributed by atoms with E-state index in [1.165, 1.54) is 18.2 Å². The summed E-state index contributed by atoms with van der Waals surface area (Å²) in [5, 5.41) is 2.72. The first kappa shape index (κ1) is 17.4. The van der Waals surface area contributed by atoms with Gasteiger partial charge in [0.1, 0.15) is 11.9 Å². The van der Waals surface area contributed by atoms with E-state index in [1.807, 2.05) is 18.7 Å². The molecule has 2 unspecified atom stereocenters. The smallest absolute Gasteiger partial charge is 0.254 e. The molecule has 1 aliphatic rings. The lowest BCUT2D eigenvalue weighted by Gasteiger charge is -2.35. The van der Waals surface area contributed by atoms with E-state index >= 15 is 0 Å². The molecule has 1 fully saturated rings. The third kappa shape index (κ3) is 4.30. The Labute approximate surface area is 137 Å².